The molecule has 0 bridgehead atoms. The summed E-state index contributed by atoms with van der Waals surface area (Å²) in [6.07, 6.45) is -0.749. The summed E-state index contributed by atoms with van der Waals surface area (Å²) in [4.78, 5) is 15.1. The predicted octanol–water partition coefficient (Wildman–Crippen LogP) is 5.08. The molecule has 1 unspecified atom stereocenters. The second kappa shape index (κ2) is 9.23. The van der Waals surface area contributed by atoms with Crippen molar-refractivity contribution < 1.29 is 32.5 Å². The molecule has 1 heterocycles. The fourth-order valence-electron chi connectivity index (χ4n) is 3.77. The van der Waals surface area contributed by atoms with Crippen LogP contribution in [-0.4, -0.2) is 33.8 Å². The minimum Gasteiger partial charge on any atom is -0.497 e. The Morgan fingerprint density at radius 1 is 0.879 bits per heavy atom. The van der Waals surface area contributed by atoms with Crippen LogP contribution in [0.1, 0.15) is 22.1 Å². The lowest BCUT2D eigenvalue weighted by Crippen LogP contribution is -2.43. The van der Waals surface area contributed by atoms with Crippen LogP contribution in [0.3, 0.4) is 0 Å². The fourth-order valence-corrected chi connectivity index (χ4v) is 3.77. The summed E-state index contributed by atoms with van der Waals surface area (Å²) < 4.78 is 46.6. The third-order valence-electron chi connectivity index (χ3n) is 5.29. The standard InChI is InChI=1S/C24H22F2N2O5/c1-30-15-9-10-18(20(13-15)32-3)28-22(27-17-7-5-4-6-16(17)23(28)29)14-8-11-19(31-2)21(12-14)33-24(25)26/h4-13,22,24,27H,1-3H3. The number of ether oxygens (including phenoxy) is 4. The summed E-state index contributed by atoms with van der Waals surface area (Å²) in [5.74, 6) is 0.688. The lowest BCUT2D eigenvalue weighted by atomic mass is 10.0. The molecule has 0 fully saturated rings. The maximum atomic E-state index is 13.6. The van der Waals surface area contributed by atoms with E-state index >= 15 is 0 Å². The van der Waals surface area contributed by atoms with Crippen LogP contribution < -0.4 is 29.2 Å². The van der Waals surface area contributed by atoms with Crippen molar-refractivity contribution in [2.45, 2.75) is 12.8 Å². The van der Waals surface area contributed by atoms with Crippen molar-refractivity contribution in [1.29, 1.82) is 0 Å². The third kappa shape index (κ3) is 4.21. The Morgan fingerprint density at radius 3 is 2.33 bits per heavy atom. The van der Waals surface area contributed by atoms with E-state index in [1.165, 1.54) is 38.4 Å². The Hall–Kier alpha value is -4.01. The number of carbonyl (C=O) groups is 1. The highest BCUT2D eigenvalue weighted by molar-refractivity contribution is 6.12. The molecule has 1 aliphatic rings. The average Bonchev–Trinajstić information content (AvgIpc) is 2.83. The lowest BCUT2D eigenvalue weighted by Gasteiger charge is -2.38. The molecule has 1 amide bonds. The second-order valence-corrected chi connectivity index (χ2v) is 7.09. The topological polar surface area (TPSA) is 69.3 Å². The van der Waals surface area contributed by atoms with Gasteiger partial charge in [-0.3, -0.25) is 9.69 Å². The highest BCUT2D eigenvalue weighted by Crippen LogP contribution is 2.43. The van der Waals surface area contributed by atoms with Crippen molar-refractivity contribution in [3.8, 4) is 23.0 Å². The number of fused-ring (bicyclic) bond motifs is 1. The quantitative estimate of drug-likeness (QED) is 0.535. The van der Waals surface area contributed by atoms with Crippen molar-refractivity contribution in [1.82, 2.24) is 0 Å². The Kier molecular flexibility index (Phi) is 6.21. The zero-order valence-corrected chi connectivity index (χ0v) is 18.2. The molecule has 33 heavy (non-hydrogen) atoms. The first-order valence-corrected chi connectivity index (χ1v) is 10.0. The summed E-state index contributed by atoms with van der Waals surface area (Å²) in [6.45, 7) is -3.03. The van der Waals surface area contributed by atoms with Crippen molar-refractivity contribution in [2.75, 3.05) is 31.5 Å². The van der Waals surface area contributed by atoms with E-state index in [9.17, 15) is 13.6 Å². The van der Waals surface area contributed by atoms with Gasteiger partial charge in [-0.05, 0) is 42.0 Å². The number of amides is 1. The van der Waals surface area contributed by atoms with E-state index in [1.54, 1.807) is 48.5 Å². The average molecular weight is 456 g/mol. The molecular formula is C24H22F2N2O5. The maximum Gasteiger partial charge on any atom is 0.387 e. The number of nitrogens with zero attached hydrogens (tertiary/aromatic N) is 1. The normalized spacial score (nSPS) is 15.0. The van der Waals surface area contributed by atoms with Gasteiger partial charge in [0, 0.05) is 11.8 Å². The molecule has 9 heteroatoms. The van der Waals surface area contributed by atoms with Gasteiger partial charge in [0.25, 0.3) is 5.91 Å². The summed E-state index contributed by atoms with van der Waals surface area (Å²) >= 11 is 0. The zero-order chi connectivity index (χ0) is 23.5. The van der Waals surface area contributed by atoms with Gasteiger partial charge in [0.05, 0.1) is 32.6 Å². The molecule has 1 atom stereocenters. The van der Waals surface area contributed by atoms with Crippen LogP contribution in [0.25, 0.3) is 0 Å². The number of carbonyl (C=O) groups excluding carboxylic acids is 1. The Bertz CT molecular complexity index is 1170. The van der Waals surface area contributed by atoms with Crippen molar-refractivity contribution in [2.24, 2.45) is 0 Å². The van der Waals surface area contributed by atoms with E-state index in [4.69, 9.17) is 14.2 Å². The van der Waals surface area contributed by atoms with E-state index in [2.05, 4.69) is 10.1 Å². The minimum absolute atomic E-state index is 0.139. The highest BCUT2D eigenvalue weighted by Gasteiger charge is 2.36. The molecule has 3 aromatic carbocycles. The smallest absolute Gasteiger partial charge is 0.387 e. The zero-order valence-electron chi connectivity index (χ0n) is 18.2. The molecule has 0 radical (unpaired) electrons. The molecular weight excluding hydrogens is 434 g/mol. The minimum atomic E-state index is -3.03. The molecule has 1 N–H and O–H groups in total. The predicted molar refractivity (Wildman–Crippen MR) is 119 cm³/mol. The van der Waals surface area contributed by atoms with Gasteiger partial charge in [-0.2, -0.15) is 8.78 Å². The number of halogens is 2. The van der Waals surface area contributed by atoms with Crippen LogP contribution in [0.15, 0.2) is 60.7 Å². The largest absolute Gasteiger partial charge is 0.497 e. The molecule has 3 aromatic rings. The van der Waals surface area contributed by atoms with Gasteiger partial charge in [0.2, 0.25) is 0 Å². The Labute approximate surface area is 189 Å². The number of nitrogens with one attached hydrogen (secondary N) is 1. The number of hydrogen-bond acceptors (Lipinski definition) is 6. The molecule has 0 saturated heterocycles. The van der Waals surface area contributed by atoms with Gasteiger partial charge in [-0.25, -0.2) is 0 Å². The summed E-state index contributed by atoms with van der Waals surface area (Å²) in [5, 5.41) is 3.32. The first-order chi connectivity index (χ1) is 16.0. The van der Waals surface area contributed by atoms with Crippen molar-refractivity contribution >= 4 is 17.3 Å². The van der Waals surface area contributed by atoms with Gasteiger partial charge in [0.15, 0.2) is 11.5 Å². The van der Waals surface area contributed by atoms with Gasteiger partial charge < -0.3 is 24.3 Å². The van der Waals surface area contributed by atoms with E-state index < -0.39 is 12.8 Å². The molecule has 0 spiro atoms. The SMILES string of the molecule is COc1ccc(N2C(=O)c3ccccc3NC2c2ccc(OC)c(OC(F)F)c2)c(OC)c1. The van der Waals surface area contributed by atoms with Crippen LogP contribution in [0, 0.1) is 0 Å². The number of methoxy groups -OCH3 is 3. The Balaban J connectivity index is 1.87. The van der Waals surface area contributed by atoms with Crippen LogP contribution in [0.5, 0.6) is 23.0 Å². The highest BCUT2D eigenvalue weighted by atomic mass is 19.3. The molecule has 0 aromatic heterocycles. The molecule has 172 valence electrons. The number of para-hydroxylation sites is 1. The molecule has 4 rings (SSSR count). The Morgan fingerprint density at radius 2 is 1.64 bits per heavy atom. The molecule has 1 aliphatic heterocycles. The summed E-state index contributed by atoms with van der Waals surface area (Å²) in [5.41, 5.74) is 2.06. The van der Waals surface area contributed by atoms with Crippen molar-refractivity contribution in [3.63, 3.8) is 0 Å². The number of anilines is 2. The van der Waals surface area contributed by atoms with E-state index in [0.717, 1.165) is 0 Å². The van der Waals surface area contributed by atoms with Gasteiger partial charge in [-0.1, -0.05) is 18.2 Å². The van der Waals surface area contributed by atoms with Crippen LogP contribution in [0.2, 0.25) is 0 Å². The van der Waals surface area contributed by atoms with Crippen molar-refractivity contribution in [3.05, 3.63) is 71.8 Å². The molecule has 0 aliphatic carbocycles. The van der Waals surface area contributed by atoms with E-state index in [0.29, 0.717) is 34.0 Å². The van der Waals surface area contributed by atoms with E-state index in [-0.39, 0.29) is 17.4 Å². The number of rotatable bonds is 7. The van der Waals surface area contributed by atoms with Gasteiger partial charge in [0.1, 0.15) is 17.7 Å². The van der Waals surface area contributed by atoms with E-state index in [1.807, 2.05) is 0 Å². The molecule has 7 nitrogen and oxygen atoms in total. The number of benzene rings is 3. The molecule has 0 saturated carbocycles. The fraction of sp³-hybridized carbons (Fsp3) is 0.208. The number of alkyl halides is 2. The van der Waals surface area contributed by atoms with Gasteiger partial charge >= 0.3 is 6.61 Å². The monoisotopic (exact) mass is 456 g/mol. The second-order valence-electron chi connectivity index (χ2n) is 7.09. The maximum absolute atomic E-state index is 13.6. The van der Waals surface area contributed by atoms with Crippen LogP contribution >= 0.6 is 0 Å². The van der Waals surface area contributed by atoms with Crippen LogP contribution in [-0.2, 0) is 0 Å². The third-order valence-corrected chi connectivity index (χ3v) is 5.29. The first kappa shape index (κ1) is 22.2. The summed E-state index contributed by atoms with van der Waals surface area (Å²) in [7, 11) is 4.38. The summed E-state index contributed by atoms with van der Waals surface area (Å²) in [6, 6.07) is 16.8. The van der Waals surface area contributed by atoms with Crippen LogP contribution in [0.4, 0.5) is 20.2 Å². The van der Waals surface area contributed by atoms with Gasteiger partial charge in [-0.15, -0.1) is 0 Å². The lowest BCUT2D eigenvalue weighted by molar-refractivity contribution is -0.0512. The number of hydrogen-bond donors (Lipinski definition) is 1. The first-order valence-electron chi connectivity index (χ1n) is 10.0.